The first-order valence-corrected chi connectivity index (χ1v) is 9.33. The number of rotatable bonds is 9. The second-order valence-electron chi connectivity index (χ2n) is 6.60. The summed E-state index contributed by atoms with van der Waals surface area (Å²) in [4.78, 5) is 37.7. The van der Waals surface area contributed by atoms with E-state index >= 15 is 0 Å². The zero-order valence-corrected chi connectivity index (χ0v) is 15.5. The van der Waals surface area contributed by atoms with Gasteiger partial charge in [0.25, 0.3) is 11.8 Å². The molecule has 0 bridgehead atoms. The van der Waals surface area contributed by atoms with Crippen molar-refractivity contribution in [2.24, 2.45) is 0 Å². The van der Waals surface area contributed by atoms with Gasteiger partial charge in [-0.3, -0.25) is 24.0 Å². The van der Waals surface area contributed by atoms with Crippen LogP contribution in [0.3, 0.4) is 0 Å². The molecule has 7 heteroatoms. The van der Waals surface area contributed by atoms with Gasteiger partial charge in [0.2, 0.25) is 5.91 Å². The number of nitrogens with zero attached hydrogens (tertiary/aromatic N) is 3. The lowest BCUT2D eigenvalue weighted by molar-refractivity contribution is -0.121. The summed E-state index contributed by atoms with van der Waals surface area (Å²) in [7, 11) is 0. The van der Waals surface area contributed by atoms with Crippen molar-refractivity contribution in [3.05, 3.63) is 53.3 Å². The summed E-state index contributed by atoms with van der Waals surface area (Å²) in [6.45, 7) is 3.69. The second kappa shape index (κ2) is 8.62. The topological polar surface area (TPSA) is 84.3 Å². The molecule has 1 aromatic heterocycles. The zero-order valence-electron chi connectivity index (χ0n) is 15.5. The Morgan fingerprint density at radius 3 is 2.41 bits per heavy atom. The van der Waals surface area contributed by atoms with Crippen molar-refractivity contribution in [1.29, 1.82) is 0 Å². The van der Waals surface area contributed by atoms with Crippen LogP contribution in [0.1, 0.15) is 58.9 Å². The van der Waals surface area contributed by atoms with Gasteiger partial charge in [-0.25, -0.2) is 0 Å². The third-order valence-electron chi connectivity index (χ3n) is 4.66. The van der Waals surface area contributed by atoms with Gasteiger partial charge >= 0.3 is 0 Å². The lowest BCUT2D eigenvalue weighted by Gasteiger charge is -2.13. The third kappa shape index (κ3) is 4.42. The van der Waals surface area contributed by atoms with E-state index < -0.39 is 0 Å². The van der Waals surface area contributed by atoms with Crippen molar-refractivity contribution >= 4 is 17.7 Å². The summed E-state index contributed by atoms with van der Waals surface area (Å²) < 4.78 is 1.82. The largest absolute Gasteiger partial charge is 0.352 e. The molecule has 1 N–H and O–H groups in total. The SMILES string of the molecule is CCn1cc(CNC(=O)CCCCCN2C(=O)c3ccccc3C2=O)cn1. The molecule has 2 aromatic rings. The van der Waals surface area contributed by atoms with Gasteiger partial charge in [-0.15, -0.1) is 0 Å². The van der Waals surface area contributed by atoms with E-state index in [1.807, 2.05) is 17.8 Å². The number of nitrogens with one attached hydrogen (secondary N) is 1. The average Bonchev–Trinajstić information content (AvgIpc) is 3.24. The Morgan fingerprint density at radius 1 is 1.07 bits per heavy atom. The quantitative estimate of drug-likeness (QED) is 0.544. The molecular weight excluding hydrogens is 344 g/mol. The van der Waals surface area contributed by atoms with E-state index in [1.165, 1.54) is 4.90 Å². The average molecular weight is 368 g/mol. The Morgan fingerprint density at radius 2 is 1.78 bits per heavy atom. The Hall–Kier alpha value is -2.96. The van der Waals surface area contributed by atoms with Crippen molar-refractivity contribution in [2.75, 3.05) is 6.54 Å². The number of carbonyl (C=O) groups is 3. The number of carbonyl (C=O) groups excluding carboxylic acids is 3. The number of fused-ring (bicyclic) bond motifs is 1. The van der Waals surface area contributed by atoms with Crippen molar-refractivity contribution in [2.45, 2.75) is 45.7 Å². The fourth-order valence-electron chi connectivity index (χ4n) is 3.13. The highest BCUT2D eigenvalue weighted by Gasteiger charge is 2.34. The molecule has 1 aromatic carbocycles. The standard InChI is InChI=1S/C20H24N4O3/c1-2-23-14-15(13-22-23)12-21-18(25)10-4-3-7-11-24-19(26)16-8-5-6-9-17(16)20(24)27/h5-6,8-9,13-14H,2-4,7,10-12H2,1H3,(H,21,25). The Labute approximate surface area is 158 Å². The minimum atomic E-state index is -0.221. The fourth-order valence-corrected chi connectivity index (χ4v) is 3.13. The summed E-state index contributed by atoms with van der Waals surface area (Å²) in [5.41, 5.74) is 1.94. The maximum Gasteiger partial charge on any atom is 0.261 e. The van der Waals surface area contributed by atoms with E-state index in [9.17, 15) is 14.4 Å². The lowest BCUT2D eigenvalue weighted by Crippen LogP contribution is -2.30. The highest BCUT2D eigenvalue weighted by Crippen LogP contribution is 2.22. The molecule has 3 amide bonds. The number of aryl methyl sites for hydroxylation is 1. The van der Waals surface area contributed by atoms with Crippen LogP contribution in [-0.4, -0.2) is 38.9 Å². The Kier molecular flexibility index (Phi) is 6.01. The molecule has 0 aliphatic carbocycles. The van der Waals surface area contributed by atoms with Crippen LogP contribution in [0.2, 0.25) is 0 Å². The smallest absolute Gasteiger partial charge is 0.261 e. The van der Waals surface area contributed by atoms with Crippen LogP contribution in [0, 0.1) is 0 Å². The molecule has 1 aliphatic rings. The van der Waals surface area contributed by atoms with E-state index in [1.54, 1.807) is 30.5 Å². The molecule has 0 unspecified atom stereocenters. The van der Waals surface area contributed by atoms with E-state index in [2.05, 4.69) is 10.4 Å². The number of imide groups is 1. The van der Waals surface area contributed by atoms with Gasteiger partial charge in [-0.05, 0) is 31.9 Å². The molecule has 142 valence electrons. The first kappa shape index (κ1) is 18.8. The zero-order chi connectivity index (χ0) is 19.2. The van der Waals surface area contributed by atoms with Crippen LogP contribution >= 0.6 is 0 Å². The van der Waals surface area contributed by atoms with Crippen LogP contribution in [0.25, 0.3) is 0 Å². The van der Waals surface area contributed by atoms with E-state index in [-0.39, 0.29) is 17.7 Å². The number of amides is 3. The van der Waals surface area contributed by atoms with Gasteiger partial charge in [-0.2, -0.15) is 5.10 Å². The molecule has 3 rings (SSSR count). The van der Waals surface area contributed by atoms with Gasteiger partial charge in [0.15, 0.2) is 0 Å². The number of hydrogen-bond acceptors (Lipinski definition) is 4. The van der Waals surface area contributed by atoms with Crippen LogP contribution in [0.4, 0.5) is 0 Å². The number of benzene rings is 1. The molecule has 27 heavy (non-hydrogen) atoms. The summed E-state index contributed by atoms with van der Waals surface area (Å²) in [6.07, 6.45) is 6.32. The minimum Gasteiger partial charge on any atom is -0.352 e. The molecule has 0 saturated carbocycles. The predicted octanol–water partition coefficient (Wildman–Crippen LogP) is 2.38. The van der Waals surface area contributed by atoms with E-state index in [0.29, 0.717) is 37.1 Å². The summed E-state index contributed by atoms with van der Waals surface area (Å²) in [5.74, 6) is -0.443. The number of unbranched alkanes of at least 4 members (excludes halogenated alkanes) is 2. The summed E-state index contributed by atoms with van der Waals surface area (Å²) in [5, 5.41) is 7.05. The molecule has 0 saturated heterocycles. The predicted molar refractivity (Wildman–Crippen MR) is 100 cm³/mol. The first-order chi connectivity index (χ1) is 13.1. The van der Waals surface area contributed by atoms with Gasteiger partial charge in [0.1, 0.15) is 0 Å². The second-order valence-corrected chi connectivity index (χ2v) is 6.60. The maximum absolute atomic E-state index is 12.3. The Balaban J connectivity index is 1.33. The molecule has 0 fully saturated rings. The van der Waals surface area contributed by atoms with Crippen molar-refractivity contribution in [1.82, 2.24) is 20.0 Å². The monoisotopic (exact) mass is 368 g/mol. The molecule has 0 radical (unpaired) electrons. The maximum atomic E-state index is 12.3. The molecule has 2 heterocycles. The fraction of sp³-hybridized carbons (Fsp3) is 0.400. The van der Waals surface area contributed by atoms with Gasteiger partial charge in [0, 0.05) is 37.8 Å². The van der Waals surface area contributed by atoms with Crippen LogP contribution < -0.4 is 5.32 Å². The van der Waals surface area contributed by atoms with E-state index in [4.69, 9.17) is 0 Å². The Bertz CT molecular complexity index is 808. The van der Waals surface area contributed by atoms with Crippen molar-refractivity contribution < 1.29 is 14.4 Å². The highest BCUT2D eigenvalue weighted by atomic mass is 16.2. The van der Waals surface area contributed by atoms with E-state index in [0.717, 1.165) is 24.9 Å². The van der Waals surface area contributed by atoms with Gasteiger partial charge < -0.3 is 5.32 Å². The van der Waals surface area contributed by atoms with Crippen molar-refractivity contribution in [3.8, 4) is 0 Å². The molecule has 0 spiro atoms. The molecular formula is C20H24N4O3. The molecule has 0 atom stereocenters. The van der Waals surface area contributed by atoms with Crippen molar-refractivity contribution in [3.63, 3.8) is 0 Å². The summed E-state index contributed by atoms with van der Waals surface area (Å²) >= 11 is 0. The van der Waals surface area contributed by atoms with Crippen LogP contribution in [0.15, 0.2) is 36.7 Å². The number of hydrogen-bond donors (Lipinski definition) is 1. The lowest BCUT2D eigenvalue weighted by atomic mass is 10.1. The third-order valence-corrected chi connectivity index (χ3v) is 4.66. The van der Waals surface area contributed by atoms with Gasteiger partial charge in [0.05, 0.1) is 17.3 Å². The highest BCUT2D eigenvalue weighted by molar-refractivity contribution is 6.21. The summed E-state index contributed by atoms with van der Waals surface area (Å²) in [6, 6.07) is 6.90. The molecule has 1 aliphatic heterocycles. The minimum absolute atomic E-state index is 0.0000195. The first-order valence-electron chi connectivity index (χ1n) is 9.33. The van der Waals surface area contributed by atoms with Crippen LogP contribution in [-0.2, 0) is 17.9 Å². The number of aromatic nitrogens is 2. The molecule has 7 nitrogen and oxygen atoms in total. The van der Waals surface area contributed by atoms with Crippen LogP contribution in [0.5, 0.6) is 0 Å². The normalized spacial score (nSPS) is 13.1. The van der Waals surface area contributed by atoms with Gasteiger partial charge in [-0.1, -0.05) is 18.6 Å².